The van der Waals surface area contributed by atoms with Crippen LogP contribution in [0.4, 0.5) is 10.5 Å². The highest BCUT2D eigenvalue weighted by atomic mass is 16.5. The fourth-order valence-corrected chi connectivity index (χ4v) is 6.71. The van der Waals surface area contributed by atoms with Gasteiger partial charge in [-0.15, -0.1) is 0 Å². The third kappa shape index (κ3) is 5.17. The van der Waals surface area contributed by atoms with Crippen molar-refractivity contribution in [3.8, 4) is 0 Å². The molecule has 1 aromatic carbocycles. The highest BCUT2D eigenvalue weighted by Gasteiger charge is 2.49. The molecule has 0 bridgehead atoms. The van der Waals surface area contributed by atoms with Crippen molar-refractivity contribution in [3.63, 3.8) is 0 Å². The van der Waals surface area contributed by atoms with Crippen LogP contribution in [0.25, 0.3) is 0 Å². The van der Waals surface area contributed by atoms with E-state index in [0.717, 1.165) is 50.8 Å². The Labute approximate surface area is 214 Å². The number of carbonyl (C=O) groups is 2. The molecule has 5 rings (SSSR count). The van der Waals surface area contributed by atoms with E-state index in [2.05, 4.69) is 69.4 Å². The van der Waals surface area contributed by atoms with Gasteiger partial charge in [0.15, 0.2) is 0 Å². The molecule has 0 radical (unpaired) electrons. The summed E-state index contributed by atoms with van der Waals surface area (Å²) in [5, 5.41) is 9.84. The predicted molar refractivity (Wildman–Crippen MR) is 142 cm³/mol. The summed E-state index contributed by atoms with van der Waals surface area (Å²) in [5.41, 5.74) is 2.38. The van der Waals surface area contributed by atoms with Crippen molar-refractivity contribution >= 4 is 17.6 Å². The minimum absolute atomic E-state index is 0.0850. The van der Waals surface area contributed by atoms with E-state index in [4.69, 9.17) is 4.74 Å². The maximum atomic E-state index is 14.1. The highest BCUT2D eigenvalue weighted by molar-refractivity contribution is 5.82. The number of anilines is 1. The molecule has 2 heterocycles. The largest absolute Gasteiger partial charge is 0.381 e. The molecule has 7 heteroatoms. The quantitative estimate of drug-likeness (QED) is 0.493. The van der Waals surface area contributed by atoms with Gasteiger partial charge in [0, 0.05) is 49.3 Å². The van der Waals surface area contributed by atoms with Gasteiger partial charge in [-0.2, -0.15) is 0 Å². The molecule has 36 heavy (non-hydrogen) atoms. The zero-order valence-electron chi connectivity index (χ0n) is 21.3. The number of allylic oxidation sites excluding steroid dienone is 3. The number of urea groups is 1. The summed E-state index contributed by atoms with van der Waals surface area (Å²) in [6.45, 7) is 4.31. The molecule has 1 saturated heterocycles. The van der Waals surface area contributed by atoms with Crippen molar-refractivity contribution in [1.82, 2.24) is 15.5 Å². The molecular weight excluding hydrogens is 452 g/mol. The number of fused-ring (bicyclic) bond motifs is 3. The van der Waals surface area contributed by atoms with Gasteiger partial charge in [0.25, 0.3) is 0 Å². The molecule has 1 saturated carbocycles. The molecule has 0 aromatic heterocycles. The summed E-state index contributed by atoms with van der Waals surface area (Å²) in [7, 11) is 0. The number of benzene rings is 1. The lowest BCUT2D eigenvalue weighted by molar-refractivity contribution is -0.138. The van der Waals surface area contributed by atoms with Gasteiger partial charge in [-0.1, -0.05) is 55.3 Å². The van der Waals surface area contributed by atoms with Gasteiger partial charge < -0.3 is 25.6 Å². The molecular formula is C29H40N4O3. The summed E-state index contributed by atoms with van der Waals surface area (Å²) in [6, 6.07) is 8.55. The van der Waals surface area contributed by atoms with Gasteiger partial charge in [-0.3, -0.25) is 4.79 Å². The topological polar surface area (TPSA) is 82.7 Å². The maximum absolute atomic E-state index is 14.1. The van der Waals surface area contributed by atoms with Gasteiger partial charge in [0.05, 0.1) is 18.6 Å². The van der Waals surface area contributed by atoms with Gasteiger partial charge in [-0.05, 0) is 44.2 Å². The van der Waals surface area contributed by atoms with Crippen LogP contribution >= 0.6 is 0 Å². The molecule has 3 amide bonds. The Balaban J connectivity index is 1.33. The minimum atomic E-state index is -0.205. The lowest BCUT2D eigenvalue weighted by Crippen LogP contribution is -2.53. The Morgan fingerprint density at radius 2 is 2.00 bits per heavy atom. The number of rotatable bonds is 7. The zero-order valence-corrected chi connectivity index (χ0v) is 21.3. The van der Waals surface area contributed by atoms with E-state index in [9.17, 15) is 9.59 Å². The van der Waals surface area contributed by atoms with E-state index in [1.54, 1.807) is 0 Å². The molecule has 1 unspecified atom stereocenters. The maximum Gasteiger partial charge on any atom is 0.315 e. The van der Waals surface area contributed by atoms with E-state index in [1.807, 2.05) is 6.92 Å². The van der Waals surface area contributed by atoms with Crippen LogP contribution in [-0.4, -0.2) is 55.2 Å². The van der Waals surface area contributed by atoms with Crippen molar-refractivity contribution in [2.24, 2.45) is 17.8 Å². The second-order valence-electron chi connectivity index (χ2n) is 10.5. The molecule has 2 aliphatic heterocycles. The van der Waals surface area contributed by atoms with Crippen molar-refractivity contribution in [1.29, 1.82) is 0 Å². The summed E-state index contributed by atoms with van der Waals surface area (Å²) >= 11 is 0. The second-order valence-corrected chi connectivity index (χ2v) is 10.5. The molecule has 3 N–H and O–H groups in total. The number of likely N-dealkylation sites (tertiary alicyclic amines) is 1. The average Bonchev–Trinajstić information content (AvgIpc) is 3.37. The SMILES string of the molecule is CCOCCNC(=O)N[C@@H]1CCCC[C@@H]1C(=O)N1CC[C@@H]2[C@H](C3C=CC=CC3)Nc3ccccc3[C@@H]21. The predicted octanol–water partition coefficient (Wildman–Crippen LogP) is 4.40. The lowest BCUT2D eigenvalue weighted by atomic mass is 9.75. The number of carbonyl (C=O) groups excluding carboxylic acids is 2. The molecule has 2 aliphatic carbocycles. The van der Waals surface area contributed by atoms with E-state index >= 15 is 0 Å². The van der Waals surface area contributed by atoms with Gasteiger partial charge in [0.2, 0.25) is 5.91 Å². The third-order valence-corrected chi connectivity index (χ3v) is 8.40. The molecule has 1 aromatic rings. The van der Waals surface area contributed by atoms with Crippen LogP contribution in [0.1, 0.15) is 57.1 Å². The number of amides is 3. The number of para-hydroxylation sites is 1. The first-order chi connectivity index (χ1) is 17.7. The zero-order chi connectivity index (χ0) is 24.9. The summed E-state index contributed by atoms with van der Waals surface area (Å²) in [4.78, 5) is 28.8. The summed E-state index contributed by atoms with van der Waals surface area (Å²) in [6.07, 6.45) is 14.6. The Morgan fingerprint density at radius 1 is 1.14 bits per heavy atom. The van der Waals surface area contributed by atoms with Crippen LogP contribution in [0, 0.1) is 17.8 Å². The van der Waals surface area contributed by atoms with Crippen LogP contribution < -0.4 is 16.0 Å². The van der Waals surface area contributed by atoms with Crippen LogP contribution in [0.3, 0.4) is 0 Å². The van der Waals surface area contributed by atoms with Crippen molar-refractivity contribution in [2.45, 2.75) is 63.6 Å². The molecule has 2 fully saturated rings. The Morgan fingerprint density at radius 3 is 2.83 bits per heavy atom. The monoisotopic (exact) mass is 492 g/mol. The van der Waals surface area contributed by atoms with Gasteiger partial charge in [0.1, 0.15) is 0 Å². The molecule has 6 atom stereocenters. The number of nitrogens with one attached hydrogen (secondary N) is 3. The summed E-state index contributed by atoms with van der Waals surface area (Å²) in [5.74, 6) is 0.835. The van der Waals surface area contributed by atoms with Crippen LogP contribution in [0.2, 0.25) is 0 Å². The van der Waals surface area contributed by atoms with Crippen molar-refractivity contribution in [3.05, 3.63) is 54.1 Å². The van der Waals surface area contributed by atoms with E-state index in [1.165, 1.54) is 5.56 Å². The first kappa shape index (κ1) is 24.9. The minimum Gasteiger partial charge on any atom is -0.381 e. The van der Waals surface area contributed by atoms with Crippen LogP contribution in [-0.2, 0) is 9.53 Å². The summed E-state index contributed by atoms with van der Waals surface area (Å²) < 4.78 is 5.32. The Hall–Kier alpha value is -2.80. The van der Waals surface area contributed by atoms with E-state index < -0.39 is 0 Å². The first-order valence-corrected chi connectivity index (χ1v) is 13.8. The molecule has 7 nitrogen and oxygen atoms in total. The van der Waals surface area contributed by atoms with Gasteiger partial charge in [-0.25, -0.2) is 4.79 Å². The van der Waals surface area contributed by atoms with Crippen LogP contribution in [0.5, 0.6) is 0 Å². The number of ether oxygens (including phenoxy) is 1. The van der Waals surface area contributed by atoms with Crippen molar-refractivity contribution in [2.75, 3.05) is 31.6 Å². The fourth-order valence-electron chi connectivity index (χ4n) is 6.71. The van der Waals surface area contributed by atoms with E-state index in [0.29, 0.717) is 37.6 Å². The first-order valence-electron chi connectivity index (χ1n) is 13.8. The Kier molecular flexibility index (Phi) is 7.95. The smallest absolute Gasteiger partial charge is 0.315 e. The highest BCUT2D eigenvalue weighted by Crippen LogP contribution is 2.49. The van der Waals surface area contributed by atoms with Crippen molar-refractivity contribution < 1.29 is 14.3 Å². The number of hydrogen-bond donors (Lipinski definition) is 3. The number of nitrogens with zero attached hydrogens (tertiary/aromatic N) is 1. The number of hydrogen-bond acceptors (Lipinski definition) is 4. The normalized spacial score (nSPS) is 30.8. The molecule has 0 spiro atoms. The van der Waals surface area contributed by atoms with Gasteiger partial charge >= 0.3 is 6.03 Å². The lowest BCUT2D eigenvalue weighted by Gasteiger charge is -2.44. The fraction of sp³-hybridized carbons (Fsp3) is 0.586. The van der Waals surface area contributed by atoms with E-state index in [-0.39, 0.29) is 29.9 Å². The molecule has 4 aliphatic rings. The molecule has 194 valence electrons. The van der Waals surface area contributed by atoms with Crippen LogP contribution in [0.15, 0.2) is 48.6 Å². The third-order valence-electron chi connectivity index (χ3n) is 8.40. The Bertz CT molecular complexity index is 992. The second kappa shape index (κ2) is 11.5. The standard InChI is InChI=1S/C29H40N4O3/c1-2-36-19-17-30-29(35)32-25-15-9-7-13-22(25)28(34)33-18-16-23-26(20-10-4-3-5-11-20)31-24-14-8-6-12-21(24)27(23)33/h3-6,8,10,12,14,20,22-23,25-27,31H,2,7,9,11,13,15-19H2,1H3,(H2,30,32,35)/t20?,22-,23+,25+,26-,27-/m0/s1. The average molecular weight is 493 g/mol.